The van der Waals surface area contributed by atoms with Gasteiger partial charge in [-0.25, -0.2) is 0 Å². The van der Waals surface area contributed by atoms with Crippen molar-refractivity contribution in [1.29, 1.82) is 0 Å². The molecule has 2 rings (SSSR count). The third kappa shape index (κ3) is 4.33. The third-order valence-electron chi connectivity index (χ3n) is 4.46. The number of aliphatic hydroxyl groups is 1. The highest BCUT2D eigenvalue weighted by molar-refractivity contribution is 5.81. The van der Waals surface area contributed by atoms with Gasteiger partial charge in [-0.2, -0.15) is 0 Å². The number of aliphatic hydroxyl groups excluding tert-OH is 1. The smallest absolute Gasteiger partial charge is 0.229 e. The molecule has 0 saturated heterocycles. The van der Waals surface area contributed by atoms with Gasteiger partial charge in [0, 0.05) is 7.05 Å². The molecule has 3 atom stereocenters. The van der Waals surface area contributed by atoms with Gasteiger partial charge >= 0.3 is 0 Å². The Bertz CT molecular complexity index is 654. The first-order valence-electron chi connectivity index (χ1n) is 8.20. The molecule has 0 fully saturated rings. The Morgan fingerprint density at radius 1 is 1.12 bits per heavy atom. The highest BCUT2D eigenvalue weighted by Gasteiger charge is 2.27. The molecule has 0 aliphatic carbocycles. The van der Waals surface area contributed by atoms with Crippen LogP contribution in [0.4, 0.5) is 0 Å². The Labute approximate surface area is 144 Å². The molecular formula is C21H25NO2. The molecule has 24 heavy (non-hydrogen) atoms. The maximum Gasteiger partial charge on any atom is 0.229 e. The first kappa shape index (κ1) is 18.0. The van der Waals surface area contributed by atoms with Crippen LogP contribution in [0.3, 0.4) is 0 Å². The number of rotatable bonds is 7. The molecule has 0 heterocycles. The SMILES string of the molecule is C=C[C@H](Cc1ccccc1)C(=O)N(C)[C@@H](C)[C@@H](O)c1ccccc1. The van der Waals surface area contributed by atoms with E-state index in [2.05, 4.69) is 6.58 Å². The van der Waals surface area contributed by atoms with E-state index in [0.717, 1.165) is 11.1 Å². The van der Waals surface area contributed by atoms with E-state index in [0.29, 0.717) is 6.42 Å². The largest absolute Gasteiger partial charge is 0.386 e. The van der Waals surface area contributed by atoms with E-state index < -0.39 is 6.10 Å². The topological polar surface area (TPSA) is 40.5 Å². The van der Waals surface area contributed by atoms with Gasteiger partial charge in [0.2, 0.25) is 5.91 Å². The predicted octanol–water partition coefficient (Wildman–Crippen LogP) is 3.61. The van der Waals surface area contributed by atoms with Crippen molar-refractivity contribution in [3.63, 3.8) is 0 Å². The number of hydrogen-bond acceptors (Lipinski definition) is 2. The summed E-state index contributed by atoms with van der Waals surface area (Å²) >= 11 is 0. The molecule has 1 amide bonds. The van der Waals surface area contributed by atoms with Crippen LogP contribution in [0.15, 0.2) is 73.3 Å². The van der Waals surface area contributed by atoms with Gasteiger partial charge in [-0.15, -0.1) is 6.58 Å². The van der Waals surface area contributed by atoms with Crippen molar-refractivity contribution in [2.24, 2.45) is 5.92 Å². The first-order valence-corrected chi connectivity index (χ1v) is 8.20. The maximum absolute atomic E-state index is 12.8. The molecule has 0 unspecified atom stereocenters. The quantitative estimate of drug-likeness (QED) is 0.791. The predicted molar refractivity (Wildman–Crippen MR) is 97.5 cm³/mol. The molecule has 126 valence electrons. The number of hydrogen-bond donors (Lipinski definition) is 1. The van der Waals surface area contributed by atoms with Crippen LogP contribution in [-0.4, -0.2) is 29.0 Å². The van der Waals surface area contributed by atoms with Gasteiger partial charge in [0.05, 0.1) is 18.1 Å². The van der Waals surface area contributed by atoms with Crippen LogP contribution in [0.5, 0.6) is 0 Å². The lowest BCUT2D eigenvalue weighted by atomic mass is 9.96. The Morgan fingerprint density at radius 2 is 1.67 bits per heavy atom. The van der Waals surface area contributed by atoms with Crippen LogP contribution in [0.25, 0.3) is 0 Å². The van der Waals surface area contributed by atoms with E-state index in [-0.39, 0.29) is 17.9 Å². The molecule has 1 N–H and O–H groups in total. The van der Waals surface area contributed by atoms with E-state index in [1.807, 2.05) is 67.6 Å². The van der Waals surface area contributed by atoms with Gasteiger partial charge in [-0.3, -0.25) is 4.79 Å². The summed E-state index contributed by atoms with van der Waals surface area (Å²) in [5.74, 6) is -0.334. The minimum Gasteiger partial charge on any atom is -0.386 e. The van der Waals surface area contributed by atoms with Crippen LogP contribution in [-0.2, 0) is 11.2 Å². The van der Waals surface area contributed by atoms with Crippen molar-refractivity contribution < 1.29 is 9.90 Å². The van der Waals surface area contributed by atoms with Crippen molar-refractivity contribution in [3.8, 4) is 0 Å². The lowest BCUT2D eigenvalue weighted by molar-refractivity contribution is -0.136. The van der Waals surface area contributed by atoms with Crippen LogP contribution in [0.2, 0.25) is 0 Å². The second kappa shape index (κ2) is 8.46. The highest BCUT2D eigenvalue weighted by atomic mass is 16.3. The fourth-order valence-corrected chi connectivity index (χ4v) is 2.74. The van der Waals surface area contributed by atoms with Gasteiger partial charge in [0.1, 0.15) is 0 Å². The monoisotopic (exact) mass is 323 g/mol. The molecule has 0 aliphatic rings. The summed E-state index contributed by atoms with van der Waals surface area (Å²) in [7, 11) is 1.74. The molecule has 2 aromatic rings. The Balaban J connectivity index is 2.07. The van der Waals surface area contributed by atoms with Crippen molar-refractivity contribution in [2.45, 2.75) is 25.5 Å². The van der Waals surface area contributed by atoms with E-state index in [4.69, 9.17) is 0 Å². The molecule has 2 aromatic carbocycles. The van der Waals surface area contributed by atoms with Crippen molar-refractivity contribution in [2.75, 3.05) is 7.05 Å². The normalized spacial score (nSPS) is 14.5. The van der Waals surface area contributed by atoms with E-state index in [9.17, 15) is 9.90 Å². The zero-order valence-corrected chi connectivity index (χ0v) is 14.3. The summed E-state index contributed by atoms with van der Waals surface area (Å²) in [5.41, 5.74) is 1.91. The Kier molecular flexibility index (Phi) is 6.33. The lowest BCUT2D eigenvalue weighted by Gasteiger charge is -2.31. The number of carbonyl (C=O) groups excluding carboxylic acids is 1. The summed E-state index contributed by atoms with van der Waals surface area (Å²) in [6.07, 6.45) is 1.58. The number of nitrogens with zero attached hydrogens (tertiary/aromatic N) is 1. The Hall–Kier alpha value is -2.39. The van der Waals surface area contributed by atoms with Crippen LogP contribution >= 0.6 is 0 Å². The average molecular weight is 323 g/mol. The van der Waals surface area contributed by atoms with Crippen LogP contribution < -0.4 is 0 Å². The first-order chi connectivity index (χ1) is 11.5. The van der Waals surface area contributed by atoms with Crippen LogP contribution in [0, 0.1) is 5.92 Å². The van der Waals surface area contributed by atoms with Gasteiger partial charge in [0.15, 0.2) is 0 Å². The Morgan fingerprint density at radius 3 is 2.21 bits per heavy atom. The van der Waals surface area contributed by atoms with E-state index in [1.54, 1.807) is 18.0 Å². The molecule has 3 nitrogen and oxygen atoms in total. The van der Waals surface area contributed by atoms with Gasteiger partial charge in [-0.05, 0) is 24.5 Å². The van der Waals surface area contributed by atoms with Gasteiger partial charge in [0.25, 0.3) is 0 Å². The van der Waals surface area contributed by atoms with Crippen molar-refractivity contribution in [1.82, 2.24) is 4.90 Å². The van der Waals surface area contributed by atoms with Crippen LogP contribution in [0.1, 0.15) is 24.2 Å². The number of benzene rings is 2. The number of likely N-dealkylation sites (N-methyl/N-ethyl adjacent to an activating group) is 1. The minimum absolute atomic E-state index is 0.0312. The maximum atomic E-state index is 12.8. The van der Waals surface area contributed by atoms with Gasteiger partial charge < -0.3 is 10.0 Å². The zero-order valence-electron chi connectivity index (χ0n) is 14.3. The fraction of sp³-hybridized carbons (Fsp3) is 0.286. The standard InChI is InChI=1S/C21H25NO2/c1-4-18(15-17-11-7-5-8-12-17)21(24)22(3)16(2)20(23)19-13-9-6-10-14-19/h4-14,16,18,20,23H,1,15H2,2-3H3/t16-,18+,20+/m0/s1. The van der Waals surface area contributed by atoms with E-state index in [1.165, 1.54) is 0 Å². The minimum atomic E-state index is -0.720. The van der Waals surface area contributed by atoms with Crippen molar-refractivity contribution in [3.05, 3.63) is 84.4 Å². The van der Waals surface area contributed by atoms with E-state index >= 15 is 0 Å². The molecule has 0 aromatic heterocycles. The summed E-state index contributed by atoms with van der Waals surface area (Å²) in [6, 6.07) is 19.0. The zero-order chi connectivity index (χ0) is 17.5. The molecule has 3 heteroatoms. The number of amides is 1. The molecule has 0 spiro atoms. The van der Waals surface area contributed by atoms with Crippen molar-refractivity contribution >= 4 is 5.91 Å². The molecular weight excluding hydrogens is 298 g/mol. The molecule has 0 bridgehead atoms. The summed E-state index contributed by atoms with van der Waals surface area (Å²) < 4.78 is 0. The number of carbonyl (C=O) groups is 1. The second-order valence-electron chi connectivity index (χ2n) is 6.08. The molecule has 0 aliphatic heterocycles. The summed E-state index contributed by atoms with van der Waals surface area (Å²) in [5, 5.41) is 10.5. The molecule has 0 radical (unpaired) electrons. The summed E-state index contributed by atoms with van der Waals surface area (Å²) in [4.78, 5) is 14.4. The fourth-order valence-electron chi connectivity index (χ4n) is 2.74. The average Bonchev–Trinajstić information content (AvgIpc) is 2.65. The van der Waals surface area contributed by atoms with Gasteiger partial charge in [-0.1, -0.05) is 66.7 Å². The summed E-state index contributed by atoms with van der Waals surface area (Å²) in [6.45, 7) is 5.67. The third-order valence-corrected chi connectivity index (χ3v) is 4.46. The highest BCUT2D eigenvalue weighted by Crippen LogP contribution is 2.22. The lowest BCUT2D eigenvalue weighted by Crippen LogP contribution is -2.42. The second-order valence-corrected chi connectivity index (χ2v) is 6.08. The molecule has 0 saturated carbocycles.